The van der Waals surface area contributed by atoms with Gasteiger partial charge in [0.2, 0.25) is 5.91 Å². The molecule has 2 bridgehead atoms. The highest BCUT2D eigenvalue weighted by atomic mass is 16.1. The van der Waals surface area contributed by atoms with Gasteiger partial charge in [-0.3, -0.25) is 4.79 Å². The molecule has 1 aliphatic heterocycles. The minimum absolute atomic E-state index is 0.0287. The van der Waals surface area contributed by atoms with Gasteiger partial charge in [-0.1, -0.05) is 24.6 Å². The van der Waals surface area contributed by atoms with E-state index >= 15 is 0 Å². The maximum atomic E-state index is 12.6. The molecule has 3 nitrogen and oxygen atoms in total. The van der Waals surface area contributed by atoms with Crippen molar-refractivity contribution in [2.45, 2.75) is 38.0 Å². The third kappa shape index (κ3) is 2.43. The van der Waals surface area contributed by atoms with Gasteiger partial charge in [0.15, 0.2) is 0 Å². The fraction of sp³-hybridized carbons (Fsp3) is 0.611. The molecule has 4 unspecified atom stereocenters. The van der Waals surface area contributed by atoms with E-state index in [4.69, 9.17) is 0 Å². The van der Waals surface area contributed by atoms with Crippen LogP contribution in [0.5, 0.6) is 0 Å². The number of rotatable bonds is 3. The van der Waals surface area contributed by atoms with Crippen LogP contribution in [0.25, 0.3) is 0 Å². The molecule has 3 aliphatic rings. The van der Waals surface area contributed by atoms with Crippen LogP contribution < -0.4 is 10.6 Å². The fourth-order valence-corrected chi connectivity index (χ4v) is 4.72. The number of amides is 1. The van der Waals surface area contributed by atoms with Crippen molar-refractivity contribution in [2.75, 3.05) is 18.4 Å². The van der Waals surface area contributed by atoms with Crippen LogP contribution in [-0.2, 0) is 4.79 Å². The van der Waals surface area contributed by atoms with E-state index in [1.165, 1.54) is 25.7 Å². The van der Waals surface area contributed by atoms with E-state index in [0.29, 0.717) is 0 Å². The first-order valence-corrected chi connectivity index (χ1v) is 8.42. The Morgan fingerprint density at radius 1 is 1.19 bits per heavy atom. The number of nitrogens with one attached hydrogen (secondary N) is 2. The van der Waals surface area contributed by atoms with Crippen molar-refractivity contribution in [2.24, 2.45) is 17.8 Å². The van der Waals surface area contributed by atoms with Crippen molar-refractivity contribution in [3.8, 4) is 0 Å². The summed E-state index contributed by atoms with van der Waals surface area (Å²) in [4.78, 5) is 12.6. The Bertz CT molecular complexity index is 542. The van der Waals surface area contributed by atoms with Crippen LogP contribution in [0.1, 0.15) is 43.6 Å². The molecule has 2 saturated carbocycles. The van der Waals surface area contributed by atoms with Gasteiger partial charge in [0.05, 0.1) is 5.92 Å². The number of para-hydroxylation sites is 1. The Labute approximate surface area is 126 Å². The van der Waals surface area contributed by atoms with Gasteiger partial charge in [-0.25, -0.2) is 0 Å². The molecule has 21 heavy (non-hydrogen) atoms. The summed E-state index contributed by atoms with van der Waals surface area (Å²) in [7, 11) is 0. The van der Waals surface area contributed by atoms with Gasteiger partial charge >= 0.3 is 0 Å². The first kappa shape index (κ1) is 13.2. The van der Waals surface area contributed by atoms with Gasteiger partial charge in [-0.05, 0) is 55.1 Å². The molecule has 0 aromatic heterocycles. The third-order valence-corrected chi connectivity index (χ3v) is 5.82. The average molecular weight is 284 g/mol. The number of carbonyl (C=O) groups is 1. The van der Waals surface area contributed by atoms with E-state index in [1.807, 2.05) is 12.1 Å². The van der Waals surface area contributed by atoms with Gasteiger partial charge in [-0.2, -0.15) is 0 Å². The molecule has 0 radical (unpaired) electrons. The Kier molecular flexibility index (Phi) is 3.36. The van der Waals surface area contributed by atoms with Crippen molar-refractivity contribution in [1.82, 2.24) is 5.32 Å². The highest BCUT2D eigenvalue weighted by molar-refractivity contribution is 5.86. The van der Waals surface area contributed by atoms with Crippen LogP contribution in [0.3, 0.4) is 0 Å². The number of anilines is 1. The quantitative estimate of drug-likeness (QED) is 0.895. The Balaban J connectivity index is 1.39. The molecule has 0 spiro atoms. The van der Waals surface area contributed by atoms with Crippen molar-refractivity contribution < 1.29 is 4.79 Å². The molecule has 1 amide bonds. The predicted octanol–water partition coefficient (Wildman–Crippen LogP) is 3.14. The monoisotopic (exact) mass is 284 g/mol. The van der Waals surface area contributed by atoms with Crippen LogP contribution in [0.2, 0.25) is 0 Å². The molecule has 1 heterocycles. The summed E-state index contributed by atoms with van der Waals surface area (Å²) >= 11 is 0. The molecular formula is C18H24N2O. The lowest BCUT2D eigenvalue weighted by molar-refractivity contribution is -0.123. The number of benzene rings is 1. The van der Waals surface area contributed by atoms with E-state index in [9.17, 15) is 4.79 Å². The zero-order valence-corrected chi connectivity index (χ0v) is 12.5. The van der Waals surface area contributed by atoms with Gasteiger partial charge in [-0.15, -0.1) is 0 Å². The van der Waals surface area contributed by atoms with Crippen LogP contribution in [0.4, 0.5) is 5.69 Å². The number of hydrogen-bond acceptors (Lipinski definition) is 2. The Morgan fingerprint density at radius 3 is 2.90 bits per heavy atom. The summed E-state index contributed by atoms with van der Waals surface area (Å²) in [6.07, 6.45) is 6.47. The van der Waals surface area contributed by atoms with E-state index in [0.717, 1.165) is 48.5 Å². The number of fused-ring (bicyclic) bond motifs is 3. The number of hydrogen-bond donors (Lipinski definition) is 2. The van der Waals surface area contributed by atoms with Crippen molar-refractivity contribution in [1.29, 1.82) is 0 Å². The average Bonchev–Trinajstić information content (AvgIpc) is 3.15. The van der Waals surface area contributed by atoms with Crippen molar-refractivity contribution in [3.63, 3.8) is 0 Å². The molecule has 112 valence electrons. The summed E-state index contributed by atoms with van der Waals surface area (Å²) in [6.45, 7) is 1.79. The summed E-state index contributed by atoms with van der Waals surface area (Å²) in [6, 6.07) is 8.22. The van der Waals surface area contributed by atoms with Gasteiger partial charge < -0.3 is 10.6 Å². The third-order valence-electron chi connectivity index (χ3n) is 5.82. The minimum Gasteiger partial charge on any atom is -0.385 e. The lowest BCUT2D eigenvalue weighted by atomic mass is 9.87. The predicted molar refractivity (Wildman–Crippen MR) is 84.2 cm³/mol. The smallest absolute Gasteiger partial charge is 0.227 e. The van der Waals surface area contributed by atoms with E-state index in [-0.39, 0.29) is 11.8 Å². The standard InChI is InChI=1S/C18H24N2O/c21-18(20-11-14-10-12-5-6-13(14)9-12)16-7-8-19-17-4-2-1-3-15(16)17/h1-4,12-14,16,19H,5-11H2,(H,20,21). The second-order valence-electron chi connectivity index (χ2n) is 7.04. The summed E-state index contributed by atoms with van der Waals surface area (Å²) in [5.41, 5.74) is 2.29. The zero-order valence-electron chi connectivity index (χ0n) is 12.5. The molecule has 3 heteroatoms. The molecule has 4 atom stereocenters. The summed E-state index contributed by atoms with van der Waals surface area (Å²) < 4.78 is 0. The van der Waals surface area contributed by atoms with Crippen LogP contribution in [0.15, 0.2) is 24.3 Å². The summed E-state index contributed by atoms with van der Waals surface area (Å²) in [5, 5.41) is 6.64. The van der Waals surface area contributed by atoms with E-state index in [1.54, 1.807) is 0 Å². The topological polar surface area (TPSA) is 41.1 Å². The summed E-state index contributed by atoms with van der Waals surface area (Å²) in [5.74, 6) is 2.84. The van der Waals surface area contributed by atoms with Gasteiger partial charge in [0.25, 0.3) is 0 Å². The van der Waals surface area contributed by atoms with E-state index < -0.39 is 0 Å². The maximum Gasteiger partial charge on any atom is 0.227 e. The molecule has 4 rings (SSSR count). The largest absolute Gasteiger partial charge is 0.385 e. The Hall–Kier alpha value is -1.51. The number of carbonyl (C=O) groups excluding carboxylic acids is 1. The van der Waals surface area contributed by atoms with Crippen molar-refractivity contribution >= 4 is 11.6 Å². The van der Waals surface area contributed by atoms with E-state index in [2.05, 4.69) is 22.8 Å². The highest BCUT2D eigenvalue weighted by Gasteiger charge is 2.39. The second kappa shape index (κ2) is 5.36. The normalized spacial score (nSPS) is 33.3. The second-order valence-corrected chi connectivity index (χ2v) is 7.04. The SMILES string of the molecule is O=C(NCC1CC2CCC1C2)C1CCNc2ccccc21. The van der Waals surface area contributed by atoms with Crippen LogP contribution in [-0.4, -0.2) is 19.0 Å². The molecule has 2 aliphatic carbocycles. The molecular weight excluding hydrogens is 260 g/mol. The van der Waals surface area contributed by atoms with Crippen LogP contribution >= 0.6 is 0 Å². The molecule has 1 aromatic carbocycles. The van der Waals surface area contributed by atoms with Crippen LogP contribution in [0, 0.1) is 17.8 Å². The molecule has 0 saturated heterocycles. The molecule has 2 fully saturated rings. The Morgan fingerprint density at radius 2 is 2.10 bits per heavy atom. The molecule has 2 N–H and O–H groups in total. The minimum atomic E-state index is 0.0287. The lowest BCUT2D eigenvalue weighted by Crippen LogP contribution is -2.37. The van der Waals surface area contributed by atoms with Crippen molar-refractivity contribution in [3.05, 3.63) is 29.8 Å². The first-order valence-electron chi connectivity index (χ1n) is 8.42. The zero-order chi connectivity index (χ0) is 14.2. The van der Waals surface area contributed by atoms with Gasteiger partial charge in [0, 0.05) is 18.8 Å². The highest BCUT2D eigenvalue weighted by Crippen LogP contribution is 2.48. The fourth-order valence-electron chi connectivity index (χ4n) is 4.72. The maximum absolute atomic E-state index is 12.6. The lowest BCUT2D eigenvalue weighted by Gasteiger charge is -2.27. The van der Waals surface area contributed by atoms with Gasteiger partial charge in [0.1, 0.15) is 0 Å². The first-order chi connectivity index (χ1) is 10.3. The molecule has 1 aromatic rings.